The molecule has 2 aliphatic rings. The van der Waals surface area contributed by atoms with Gasteiger partial charge in [-0.1, -0.05) is 60.7 Å². The highest BCUT2D eigenvalue weighted by molar-refractivity contribution is 7.90. The van der Waals surface area contributed by atoms with E-state index in [0.29, 0.717) is 11.4 Å². The van der Waals surface area contributed by atoms with Crippen LogP contribution < -0.4 is 10.6 Å². The SMILES string of the molecule is CS(=O)(=O)c1ccc(CN2CCC3(CCN(CCC(NC(=O)Nc4ccccc4)c4ccccc4)CC3)C2=O)cc1.Cl. The van der Waals surface area contributed by atoms with E-state index in [9.17, 15) is 18.0 Å². The van der Waals surface area contributed by atoms with Gasteiger partial charge < -0.3 is 20.4 Å². The van der Waals surface area contributed by atoms with E-state index < -0.39 is 9.84 Å². The van der Waals surface area contributed by atoms with Crippen molar-refractivity contribution in [2.45, 2.75) is 43.2 Å². The molecule has 42 heavy (non-hydrogen) atoms. The van der Waals surface area contributed by atoms with Crippen LogP contribution in [0.25, 0.3) is 0 Å². The maximum Gasteiger partial charge on any atom is 0.319 e. The first-order valence-electron chi connectivity index (χ1n) is 14.2. The van der Waals surface area contributed by atoms with Crippen LogP contribution in [0.1, 0.15) is 42.9 Å². The van der Waals surface area contributed by atoms with E-state index in [4.69, 9.17) is 0 Å². The van der Waals surface area contributed by atoms with Crippen molar-refractivity contribution in [3.8, 4) is 0 Å². The molecule has 0 bridgehead atoms. The van der Waals surface area contributed by atoms with Crippen LogP contribution in [0.2, 0.25) is 0 Å². The van der Waals surface area contributed by atoms with Crippen LogP contribution in [-0.2, 0) is 21.2 Å². The van der Waals surface area contributed by atoms with Gasteiger partial charge in [0, 0.05) is 31.6 Å². The summed E-state index contributed by atoms with van der Waals surface area (Å²) in [5.41, 5.74) is 2.45. The first-order valence-corrected chi connectivity index (χ1v) is 16.1. The zero-order chi connectivity index (χ0) is 28.9. The van der Waals surface area contributed by atoms with E-state index in [1.165, 1.54) is 6.26 Å². The third-order valence-corrected chi connectivity index (χ3v) is 9.54. The highest BCUT2D eigenvalue weighted by Crippen LogP contribution is 2.42. The predicted octanol–water partition coefficient (Wildman–Crippen LogP) is 5.28. The molecule has 1 spiro atoms. The Kier molecular flexibility index (Phi) is 10.3. The molecule has 0 radical (unpaired) electrons. The zero-order valence-corrected chi connectivity index (χ0v) is 25.5. The number of nitrogens with zero attached hydrogens (tertiary/aromatic N) is 2. The summed E-state index contributed by atoms with van der Waals surface area (Å²) in [6, 6.07) is 25.9. The topological polar surface area (TPSA) is 98.8 Å². The van der Waals surface area contributed by atoms with Crippen LogP contribution in [0.3, 0.4) is 0 Å². The van der Waals surface area contributed by atoms with Gasteiger partial charge in [-0.3, -0.25) is 4.79 Å². The second-order valence-corrected chi connectivity index (χ2v) is 13.2. The maximum atomic E-state index is 13.5. The van der Waals surface area contributed by atoms with Gasteiger partial charge in [-0.2, -0.15) is 0 Å². The summed E-state index contributed by atoms with van der Waals surface area (Å²) in [6.45, 7) is 3.75. The Morgan fingerprint density at radius 1 is 0.881 bits per heavy atom. The summed E-state index contributed by atoms with van der Waals surface area (Å²) >= 11 is 0. The number of sulfone groups is 1. The largest absolute Gasteiger partial charge is 0.338 e. The molecule has 2 saturated heterocycles. The molecule has 0 aromatic heterocycles. The first-order chi connectivity index (χ1) is 19.7. The molecule has 3 aromatic rings. The standard InChI is InChI=1S/C32H38N4O4S.ClH/c1-41(39,40)28-14-12-25(13-15-28)24-36-23-19-32(30(36)37)17-21-35(22-18-32)20-16-29(26-8-4-2-5-9-26)34-31(38)33-27-10-6-3-7-11-27;/h2-15,29H,16-24H2,1H3,(H2,33,34,38);1H. The second kappa shape index (κ2) is 13.7. The minimum absolute atomic E-state index is 0. The molecule has 2 fully saturated rings. The number of carbonyl (C=O) groups is 2. The Balaban J connectivity index is 0.00000405. The van der Waals surface area contributed by atoms with Gasteiger partial charge >= 0.3 is 6.03 Å². The van der Waals surface area contributed by atoms with E-state index in [1.807, 2.05) is 65.6 Å². The Bertz CT molecular complexity index is 1440. The highest BCUT2D eigenvalue weighted by Gasteiger charge is 2.47. The number of para-hydroxylation sites is 1. The summed E-state index contributed by atoms with van der Waals surface area (Å²) in [5.74, 6) is 0.214. The molecule has 224 valence electrons. The fourth-order valence-corrected chi connectivity index (χ4v) is 6.57. The van der Waals surface area contributed by atoms with Gasteiger partial charge in [-0.25, -0.2) is 13.2 Å². The summed E-state index contributed by atoms with van der Waals surface area (Å²) in [4.78, 5) is 30.9. The molecule has 3 aromatic carbocycles. The Morgan fingerprint density at radius 3 is 2.10 bits per heavy atom. The summed E-state index contributed by atoms with van der Waals surface area (Å²) in [7, 11) is -3.24. The number of amides is 3. The smallest absolute Gasteiger partial charge is 0.319 e. The minimum atomic E-state index is -3.24. The number of piperidine rings is 1. The lowest BCUT2D eigenvalue weighted by molar-refractivity contribution is -0.138. The summed E-state index contributed by atoms with van der Waals surface area (Å²) in [5, 5.41) is 6.06. The molecule has 0 saturated carbocycles. The second-order valence-electron chi connectivity index (χ2n) is 11.2. The summed E-state index contributed by atoms with van der Waals surface area (Å²) in [6.07, 6.45) is 4.47. The lowest BCUT2D eigenvalue weighted by Crippen LogP contribution is -2.45. The first kappa shape index (κ1) is 31.5. The molecule has 3 amide bonds. The molecular weight excluding hydrogens is 572 g/mol. The number of anilines is 1. The van der Waals surface area contributed by atoms with Gasteiger partial charge in [0.1, 0.15) is 0 Å². The normalized spacial score (nSPS) is 17.5. The minimum Gasteiger partial charge on any atom is -0.338 e. The van der Waals surface area contributed by atoms with Crippen LogP contribution in [0, 0.1) is 5.41 Å². The zero-order valence-electron chi connectivity index (χ0n) is 23.9. The average molecular weight is 611 g/mol. The molecule has 0 aliphatic carbocycles. The van der Waals surface area contributed by atoms with E-state index in [0.717, 1.165) is 68.7 Å². The molecule has 5 rings (SSSR count). The van der Waals surface area contributed by atoms with Crippen molar-refractivity contribution in [2.75, 3.05) is 37.8 Å². The summed E-state index contributed by atoms with van der Waals surface area (Å²) < 4.78 is 23.5. The van der Waals surface area contributed by atoms with E-state index in [-0.39, 0.29) is 35.8 Å². The maximum absolute atomic E-state index is 13.5. The fraction of sp³-hybridized carbons (Fsp3) is 0.375. The molecular formula is C32H39ClN4O4S. The van der Waals surface area contributed by atoms with E-state index in [1.54, 1.807) is 24.3 Å². The molecule has 1 atom stereocenters. The fourth-order valence-electron chi connectivity index (χ4n) is 5.94. The van der Waals surface area contributed by atoms with Crippen molar-refractivity contribution in [1.29, 1.82) is 0 Å². The Morgan fingerprint density at radius 2 is 1.48 bits per heavy atom. The van der Waals surface area contributed by atoms with Crippen molar-refractivity contribution in [2.24, 2.45) is 5.41 Å². The van der Waals surface area contributed by atoms with Gasteiger partial charge in [0.2, 0.25) is 5.91 Å². The van der Waals surface area contributed by atoms with Gasteiger partial charge in [-0.15, -0.1) is 12.4 Å². The predicted molar refractivity (Wildman–Crippen MR) is 167 cm³/mol. The quantitative estimate of drug-likeness (QED) is 0.344. The number of urea groups is 1. The van der Waals surface area contributed by atoms with Crippen molar-refractivity contribution >= 4 is 39.9 Å². The van der Waals surface area contributed by atoms with Crippen molar-refractivity contribution in [1.82, 2.24) is 15.1 Å². The van der Waals surface area contributed by atoms with Crippen LogP contribution >= 0.6 is 12.4 Å². The van der Waals surface area contributed by atoms with E-state index >= 15 is 0 Å². The molecule has 10 heteroatoms. The van der Waals surface area contributed by atoms with Gasteiger partial charge in [0.25, 0.3) is 0 Å². The lowest BCUT2D eigenvalue weighted by atomic mass is 9.77. The highest BCUT2D eigenvalue weighted by atomic mass is 35.5. The Labute approximate surface area is 254 Å². The Hall–Kier alpha value is -3.40. The van der Waals surface area contributed by atoms with Crippen molar-refractivity contribution in [3.05, 3.63) is 96.1 Å². The van der Waals surface area contributed by atoms with Crippen LogP contribution in [0.5, 0.6) is 0 Å². The number of halogens is 1. The third kappa shape index (κ3) is 7.70. The van der Waals surface area contributed by atoms with Crippen LogP contribution in [0.4, 0.5) is 10.5 Å². The van der Waals surface area contributed by atoms with Gasteiger partial charge in [-0.05, 0) is 74.2 Å². The van der Waals surface area contributed by atoms with Gasteiger partial charge in [0.15, 0.2) is 9.84 Å². The van der Waals surface area contributed by atoms with E-state index in [2.05, 4.69) is 15.5 Å². The number of likely N-dealkylation sites (tertiary alicyclic amines) is 2. The molecule has 8 nitrogen and oxygen atoms in total. The molecule has 2 aliphatic heterocycles. The number of benzene rings is 3. The third-order valence-electron chi connectivity index (χ3n) is 8.41. The number of hydrogen-bond donors (Lipinski definition) is 2. The van der Waals surface area contributed by atoms with Gasteiger partial charge in [0.05, 0.1) is 16.4 Å². The molecule has 2 N–H and O–H groups in total. The van der Waals surface area contributed by atoms with Crippen LogP contribution in [-0.4, -0.2) is 62.6 Å². The average Bonchev–Trinajstić information content (AvgIpc) is 3.26. The lowest BCUT2D eigenvalue weighted by Gasteiger charge is -2.38. The number of hydrogen-bond acceptors (Lipinski definition) is 5. The monoisotopic (exact) mass is 610 g/mol. The number of rotatable bonds is 9. The number of carbonyl (C=O) groups excluding carboxylic acids is 2. The van der Waals surface area contributed by atoms with Crippen molar-refractivity contribution < 1.29 is 18.0 Å². The molecule has 1 unspecified atom stereocenters. The number of nitrogens with one attached hydrogen (secondary N) is 2. The van der Waals surface area contributed by atoms with Crippen molar-refractivity contribution in [3.63, 3.8) is 0 Å². The molecule has 2 heterocycles. The van der Waals surface area contributed by atoms with Crippen LogP contribution in [0.15, 0.2) is 89.8 Å².